The van der Waals surface area contributed by atoms with Crippen LogP contribution >= 0.6 is 12.4 Å². The van der Waals surface area contributed by atoms with Gasteiger partial charge in [-0.3, -0.25) is 4.79 Å². The number of nitrogens with zero attached hydrogens (tertiary/aromatic N) is 2. The maximum Gasteiger partial charge on any atom is 0.303 e. The quantitative estimate of drug-likeness (QED) is 0.628. The first-order chi connectivity index (χ1) is 11.6. The van der Waals surface area contributed by atoms with Gasteiger partial charge in [-0.15, -0.1) is 12.4 Å². The Morgan fingerprint density at radius 1 is 1.20 bits per heavy atom. The van der Waals surface area contributed by atoms with Crippen molar-refractivity contribution in [3.63, 3.8) is 0 Å². The van der Waals surface area contributed by atoms with Crippen molar-refractivity contribution in [3.05, 3.63) is 60.4 Å². The normalized spacial score (nSPS) is 11.6. The minimum Gasteiger partial charge on any atom is -0.490 e. The van der Waals surface area contributed by atoms with Crippen LogP contribution in [0.1, 0.15) is 12.5 Å². The fourth-order valence-corrected chi connectivity index (χ4v) is 2.63. The van der Waals surface area contributed by atoms with Crippen molar-refractivity contribution in [1.29, 1.82) is 0 Å². The summed E-state index contributed by atoms with van der Waals surface area (Å²) in [5.41, 5.74) is 3.04. The second-order valence-corrected chi connectivity index (χ2v) is 5.74. The number of hydrogen-bond donors (Lipinski definition) is 0. The maximum atomic E-state index is 11.4. The third-order valence-corrected chi connectivity index (χ3v) is 3.69. The summed E-state index contributed by atoms with van der Waals surface area (Å²) in [6.45, 7) is 4.20. The van der Waals surface area contributed by atoms with Crippen LogP contribution in [-0.4, -0.2) is 28.2 Å². The maximum absolute atomic E-state index is 11.4. The Kier molecular flexibility index (Phi) is 6.42. The number of esters is 1. The summed E-state index contributed by atoms with van der Waals surface area (Å²) in [7, 11) is 0. The van der Waals surface area contributed by atoms with E-state index in [0.29, 0.717) is 6.54 Å². The van der Waals surface area contributed by atoms with E-state index in [4.69, 9.17) is 9.47 Å². The molecule has 0 fully saturated rings. The van der Waals surface area contributed by atoms with Crippen molar-refractivity contribution in [2.24, 2.45) is 0 Å². The minimum atomic E-state index is -0.388. The van der Waals surface area contributed by atoms with Crippen molar-refractivity contribution in [1.82, 2.24) is 9.55 Å². The van der Waals surface area contributed by atoms with Gasteiger partial charge in [-0.1, -0.05) is 24.3 Å². The Morgan fingerprint density at radius 2 is 2.00 bits per heavy atom. The Balaban J connectivity index is 0.00000225. The lowest BCUT2D eigenvalue weighted by Gasteiger charge is -2.19. The number of ether oxygens (including phenoxy) is 2. The number of carbonyl (C=O) groups is 1. The monoisotopic (exact) mass is 360 g/mol. The first-order valence-corrected chi connectivity index (χ1v) is 7.88. The van der Waals surface area contributed by atoms with Crippen LogP contribution in [0.15, 0.2) is 54.9 Å². The molecule has 5 nitrogen and oxygen atoms in total. The number of aromatic nitrogens is 2. The van der Waals surface area contributed by atoms with Gasteiger partial charge in [0.2, 0.25) is 0 Å². The van der Waals surface area contributed by atoms with E-state index in [-0.39, 0.29) is 31.1 Å². The average molecular weight is 361 g/mol. The summed E-state index contributed by atoms with van der Waals surface area (Å²) in [5, 5.41) is 0. The van der Waals surface area contributed by atoms with Gasteiger partial charge in [0.05, 0.1) is 23.9 Å². The third-order valence-electron chi connectivity index (χ3n) is 3.69. The summed E-state index contributed by atoms with van der Waals surface area (Å²) >= 11 is 0. The number of imidazole rings is 1. The standard InChI is InChI=1S/C19H20N2O3.ClH/c1-14-6-5-7-16(10-14)23-12-17(24-15(2)22)11-21-13-20-18-8-3-4-9-19(18)21;/h3-10,13,17H,11-12H2,1-2H3;1H. The molecule has 0 amide bonds. The van der Waals surface area contributed by atoms with Gasteiger partial charge in [-0.25, -0.2) is 4.98 Å². The second-order valence-electron chi connectivity index (χ2n) is 5.74. The first kappa shape index (κ1) is 18.8. The molecule has 6 heteroatoms. The number of fused-ring (bicyclic) bond motifs is 1. The van der Waals surface area contributed by atoms with E-state index >= 15 is 0 Å². The van der Waals surface area contributed by atoms with Gasteiger partial charge in [0.25, 0.3) is 0 Å². The van der Waals surface area contributed by atoms with Crippen molar-refractivity contribution in [2.45, 2.75) is 26.5 Å². The molecule has 1 unspecified atom stereocenters. The number of aryl methyl sites for hydroxylation is 1. The topological polar surface area (TPSA) is 53.4 Å². The van der Waals surface area contributed by atoms with Gasteiger partial charge in [-0.2, -0.15) is 0 Å². The Morgan fingerprint density at radius 3 is 2.76 bits per heavy atom. The van der Waals surface area contributed by atoms with Crippen LogP contribution in [0.2, 0.25) is 0 Å². The van der Waals surface area contributed by atoms with E-state index in [0.717, 1.165) is 22.3 Å². The lowest BCUT2D eigenvalue weighted by atomic mass is 10.2. The molecular weight excluding hydrogens is 340 g/mol. The van der Waals surface area contributed by atoms with E-state index in [9.17, 15) is 4.79 Å². The Labute approximate surface area is 153 Å². The number of halogens is 1. The number of carbonyl (C=O) groups excluding carboxylic acids is 1. The van der Waals surface area contributed by atoms with E-state index < -0.39 is 0 Å². The lowest BCUT2D eigenvalue weighted by Crippen LogP contribution is -2.28. The highest BCUT2D eigenvalue weighted by molar-refractivity contribution is 5.85. The largest absolute Gasteiger partial charge is 0.490 e. The molecular formula is C19H21ClN2O3. The molecule has 0 aliphatic heterocycles. The highest BCUT2D eigenvalue weighted by atomic mass is 35.5. The molecule has 3 rings (SSSR count). The highest BCUT2D eigenvalue weighted by Crippen LogP contribution is 2.16. The molecule has 0 aliphatic carbocycles. The molecule has 1 atom stereocenters. The van der Waals surface area contributed by atoms with Gasteiger partial charge in [0.15, 0.2) is 6.10 Å². The fourth-order valence-electron chi connectivity index (χ4n) is 2.63. The van der Waals surface area contributed by atoms with Gasteiger partial charge in [-0.05, 0) is 36.8 Å². The number of benzene rings is 2. The van der Waals surface area contributed by atoms with Crippen LogP contribution in [0.5, 0.6) is 5.75 Å². The van der Waals surface area contributed by atoms with Crippen molar-refractivity contribution in [3.8, 4) is 5.75 Å². The van der Waals surface area contributed by atoms with E-state index in [2.05, 4.69) is 4.98 Å². The van der Waals surface area contributed by atoms with Crippen LogP contribution in [0.3, 0.4) is 0 Å². The number of hydrogen-bond acceptors (Lipinski definition) is 4. The number of rotatable bonds is 6. The predicted octanol–water partition coefficient (Wildman–Crippen LogP) is 3.78. The lowest BCUT2D eigenvalue weighted by molar-refractivity contribution is -0.148. The molecule has 1 heterocycles. The fraction of sp³-hybridized carbons (Fsp3) is 0.263. The van der Waals surface area contributed by atoms with Crippen molar-refractivity contribution in [2.75, 3.05) is 6.61 Å². The zero-order valence-corrected chi connectivity index (χ0v) is 15.0. The summed E-state index contributed by atoms with van der Waals surface area (Å²) < 4.78 is 13.2. The van der Waals surface area contributed by atoms with Crippen LogP contribution in [0.25, 0.3) is 11.0 Å². The van der Waals surface area contributed by atoms with Gasteiger partial charge < -0.3 is 14.0 Å². The molecule has 0 spiro atoms. The molecule has 0 saturated heterocycles. The summed E-state index contributed by atoms with van der Waals surface area (Å²) in [4.78, 5) is 15.8. The zero-order valence-electron chi connectivity index (χ0n) is 14.2. The van der Waals surface area contributed by atoms with Gasteiger partial charge in [0.1, 0.15) is 12.4 Å². The van der Waals surface area contributed by atoms with Crippen LogP contribution < -0.4 is 4.74 Å². The molecule has 0 bridgehead atoms. The van der Waals surface area contributed by atoms with E-state index in [1.807, 2.05) is 60.0 Å². The number of para-hydroxylation sites is 2. The van der Waals surface area contributed by atoms with Gasteiger partial charge in [0, 0.05) is 6.92 Å². The Bertz CT molecular complexity index is 847. The average Bonchev–Trinajstić information content (AvgIpc) is 2.95. The molecule has 25 heavy (non-hydrogen) atoms. The van der Waals surface area contributed by atoms with Crippen LogP contribution in [0.4, 0.5) is 0 Å². The molecule has 0 aliphatic rings. The van der Waals surface area contributed by atoms with Crippen LogP contribution in [0, 0.1) is 6.92 Å². The molecule has 2 aromatic carbocycles. The van der Waals surface area contributed by atoms with E-state index in [1.165, 1.54) is 6.92 Å². The van der Waals surface area contributed by atoms with E-state index in [1.54, 1.807) is 6.33 Å². The summed E-state index contributed by atoms with van der Waals surface area (Å²) in [6, 6.07) is 15.7. The minimum absolute atomic E-state index is 0. The predicted molar refractivity (Wildman–Crippen MR) is 99.2 cm³/mol. The van der Waals surface area contributed by atoms with Crippen molar-refractivity contribution >= 4 is 29.4 Å². The second kappa shape index (κ2) is 8.53. The molecule has 0 saturated carbocycles. The zero-order chi connectivity index (χ0) is 16.9. The third kappa shape index (κ3) is 4.97. The molecule has 3 aromatic rings. The molecule has 0 radical (unpaired) electrons. The molecule has 1 aromatic heterocycles. The molecule has 132 valence electrons. The summed E-state index contributed by atoms with van der Waals surface area (Å²) in [6.07, 6.45) is 1.37. The van der Waals surface area contributed by atoms with Crippen LogP contribution in [-0.2, 0) is 16.1 Å². The van der Waals surface area contributed by atoms with Gasteiger partial charge >= 0.3 is 5.97 Å². The SMILES string of the molecule is CC(=O)OC(COc1cccc(C)c1)Cn1cnc2ccccc21.Cl. The Hall–Kier alpha value is -2.53. The highest BCUT2D eigenvalue weighted by Gasteiger charge is 2.16. The first-order valence-electron chi connectivity index (χ1n) is 7.88. The summed E-state index contributed by atoms with van der Waals surface area (Å²) in [5.74, 6) is 0.444. The molecule has 0 N–H and O–H groups in total. The smallest absolute Gasteiger partial charge is 0.303 e. The van der Waals surface area contributed by atoms with Crippen molar-refractivity contribution < 1.29 is 14.3 Å².